The van der Waals surface area contributed by atoms with Gasteiger partial charge in [-0.3, -0.25) is 4.79 Å². The monoisotopic (exact) mass is 252 g/mol. The first-order chi connectivity index (χ1) is 8.10. The fourth-order valence-corrected chi connectivity index (χ4v) is 3.70. The van der Waals surface area contributed by atoms with Crippen molar-refractivity contribution in [1.82, 2.24) is 0 Å². The molecule has 104 valence electrons. The molecule has 0 N–H and O–H groups in total. The second-order valence-electron chi connectivity index (χ2n) is 7.81. The number of carbonyl (C=O) groups excluding carboxylic acids is 1. The summed E-state index contributed by atoms with van der Waals surface area (Å²) in [6, 6.07) is 0. The lowest BCUT2D eigenvalue weighted by molar-refractivity contribution is -0.180. The lowest BCUT2D eigenvalue weighted by Crippen LogP contribution is -2.46. The summed E-state index contributed by atoms with van der Waals surface area (Å²) in [5.74, 6) is -0.00998. The summed E-state index contributed by atoms with van der Waals surface area (Å²) >= 11 is 0. The third-order valence-electron chi connectivity index (χ3n) is 6.53. The van der Waals surface area contributed by atoms with Crippen molar-refractivity contribution in [2.75, 3.05) is 0 Å². The van der Waals surface area contributed by atoms with Crippen LogP contribution in [0.1, 0.15) is 73.6 Å². The van der Waals surface area contributed by atoms with Gasteiger partial charge in [0.05, 0.1) is 5.41 Å². The maximum atomic E-state index is 12.4. The average Bonchev–Trinajstić information content (AvgIpc) is 2.60. The van der Waals surface area contributed by atoms with Crippen molar-refractivity contribution in [2.45, 2.75) is 79.2 Å². The Kier molecular flexibility index (Phi) is 2.89. The van der Waals surface area contributed by atoms with Gasteiger partial charge in [0.25, 0.3) is 0 Å². The SMILES string of the molecule is CCC(C)(C)C(=O)OC12CCC(C)(CC1)C2(C)C. The summed E-state index contributed by atoms with van der Waals surface area (Å²) in [5, 5.41) is 0. The van der Waals surface area contributed by atoms with Crippen LogP contribution in [0.4, 0.5) is 0 Å². The van der Waals surface area contributed by atoms with E-state index < -0.39 is 0 Å². The van der Waals surface area contributed by atoms with Gasteiger partial charge < -0.3 is 4.74 Å². The van der Waals surface area contributed by atoms with Crippen LogP contribution in [0.5, 0.6) is 0 Å². The molecule has 2 heteroatoms. The molecule has 0 unspecified atom stereocenters. The average molecular weight is 252 g/mol. The van der Waals surface area contributed by atoms with Gasteiger partial charge in [-0.25, -0.2) is 0 Å². The van der Waals surface area contributed by atoms with Gasteiger partial charge in [-0.1, -0.05) is 27.7 Å². The fraction of sp³-hybridized carbons (Fsp3) is 0.938. The number of carbonyl (C=O) groups is 1. The zero-order valence-corrected chi connectivity index (χ0v) is 12.9. The molecular weight excluding hydrogens is 224 g/mol. The zero-order valence-electron chi connectivity index (χ0n) is 12.9. The highest BCUT2D eigenvalue weighted by atomic mass is 16.6. The summed E-state index contributed by atoms with van der Waals surface area (Å²) < 4.78 is 6.09. The topological polar surface area (TPSA) is 26.3 Å². The number of ether oxygens (including phenoxy) is 1. The smallest absolute Gasteiger partial charge is 0.312 e. The van der Waals surface area contributed by atoms with E-state index in [2.05, 4.69) is 27.7 Å². The minimum atomic E-state index is -0.355. The number of hydrogen-bond acceptors (Lipinski definition) is 2. The van der Waals surface area contributed by atoms with Crippen molar-refractivity contribution in [2.24, 2.45) is 16.2 Å². The molecule has 0 aromatic carbocycles. The van der Waals surface area contributed by atoms with E-state index in [0.29, 0.717) is 5.41 Å². The van der Waals surface area contributed by atoms with Gasteiger partial charge in [0.1, 0.15) is 5.60 Å². The van der Waals surface area contributed by atoms with Gasteiger partial charge in [-0.05, 0) is 51.4 Å². The molecule has 2 saturated carbocycles. The number of fused-ring (bicyclic) bond motifs is 2. The van der Waals surface area contributed by atoms with Crippen LogP contribution in [0.2, 0.25) is 0 Å². The Balaban J connectivity index is 2.23. The Morgan fingerprint density at radius 3 is 1.94 bits per heavy atom. The van der Waals surface area contributed by atoms with Gasteiger partial charge in [0.2, 0.25) is 0 Å². The molecule has 0 aromatic rings. The molecule has 0 amide bonds. The molecule has 0 aliphatic heterocycles. The Hall–Kier alpha value is -0.530. The first kappa shape index (κ1) is 13.9. The minimum absolute atomic E-state index is 0.00998. The largest absolute Gasteiger partial charge is 0.458 e. The highest BCUT2D eigenvalue weighted by Crippen LogP contribution is 2.69. The molecule has 2 bridgehead atoms. The maximum Gasteiger partial charge on any atom is 0.312 e. The van der Waals surface area contributed by atoms with Crippen LogP contribution in [0.15, 0.2) is 0 Å². The van der Waals surface area contributed by atoms with Crippen LogP contribution in [-0.4, -0.2) is 11.6 Å². The predicted molar refractivity (Wildman–Crippen MR) is 73.3 cm³/mol. The highest BCUT2D eigenvalue weighted by Gasteiger charge is 2.67. The number of esters is 1. The second kappa shape index (κ2) is 3.74. The van der Waals surface area contributed by atoms with Gasteiger partial charge in [-0.2, -0.15) is 0 Å². The first-order valence-corrected chi connectivity index (χ1v) is 7.34. The van der Waals surface area contributed by atoms with Gasteiger partial charge in [0, 0.05) is 5.41 Å². The van der Waals surface area contributed by atoms with E-state index >= 15 is 0 Å². The van der Waals surface area contributed by atoms with E-state index in [1.54, 1.807) is 0 Å². The van der Waals surface area contributed by atoms with Crippen molar-refractivity contribution in [3.8, 4) is 0 Å². The third-order valence-corrected chi connectivity index (χ3v) is 6.53. The van der Waals surface area contributed by atoms with Crippen molar-refractivity contribution < 1.29 is 9.53 Å². The Bertz CT molecular complexity index is 357. The van der Waals surface area contributed by atoms with Crippen LogP contribution in [0.25, 0.3) is 0 Å². The zero-order chi connectivity index (χ0) is 13.8. The summed E-state index contributed by atoms with van der Waals surface area (Å²) in [7, 11) is 0. The second-order valence-corrected chi connectivity index (χ2v) is 7.81. The molecule has 0 saturated heterocycles. The molecule has 0 aromatic heterocycles. The van der Waals surface area contributed by atoms with Crippen LogP contribution >= 0.6 is 0 Å². The summed E-state index contributed by atoms with van der Waals surface area (Å²) in [6.45, 7) is 13.0. The number of rotatable bonds is 3. The van der Waals surface area contributed by atoms with E-state index in [0.717, 1.165) is 19.3 Å². The minimum Gasteiger partial charge on any atom is -0.458 e. The highest BCUT2D eigenvalue weighted by molar-refractivity contribution is 5.76. The number of hydrogen-bond donors (Lipinski definition) is 0. The summed E-state index contributed by atoms with van der Waals surface area (Å²) in [5.41, 5.74) is -0.0964. The standard InChI is InChI=1S/C16H28O2/c1-7-13(2,3)12(17)18-16-10-8-15(6,9-11-16)14(16,4)5/h7-11H2,1-6H3. The Morgan fingerprint density at radius 2 is 1.61 bits per heavy atom. The van der Waals surface area contributed by atoms with E-state index in [9.17, 15) is 4.79 Å². The molecule has 0 radical (unpaired) electrons. The molecule has 2 aliphatic carbocycles. The quantitative estimate of drug-likeness (QED) is 0.699. The molecule has 2 rings (SSSR count). The van der Waals surface area contributed by atoms with Gasteiger partial charge >= 0.3 is 5.97 Å². The van der Waals surface area contributed by atoms with Gasteiger partial charge in [0.15, 0.2) is 0 Å². The lowest BCUT2D eigenvalue weighted by Gasteiger charge is -2.41. The fourth-order valence-electron chi connectivity index (χ4n) is 3.70. The maximum absolute atomic E-state index is 12.4. The van der Waals surface area contributed by atoms with E-state index in [4.69, 9.17) is 4.74 Å². The van der Waals surface area contributed by atoms with Gasteiger partial charge in [-0.15, -0.1) is 0 Å². The van der Waals surface area contributed by atoms with Crippen LogP contribution < -0.4 is 0 Å². The Morgan fingerprint density at radius 1 is 1.11 bits per heavy atom. The van der Waals surface area contributed by atoms with Crippen molar-refractivity contribution in [3.63, 3.8) is 0 Å². The Labute approximate surface area is 111 Å². The van der Waals surface area contributed by atoms with Crippen LogP contribution in [0.3, 0.4) is 0 Å². The van der Waals surface area contributed by atoms with E-state index in [-0.39, 0.29) is 22.4 Å². The molecule has 0 spiro atoms. The molecule has 18 heavy (non-hydrogen) atoms. The van der Waals surface area contributed by atoms with Crippen molar-refractivity contribution >= 4 is 5.97 Å². The van der Waals surface area contributed by atoms with E-state index in [1.165, 1.54) is 12.8 Å². The molecule has 0 heterocycles. The molecule has 2 nitrogen and oxygen atoms in total. The predicted octanol–water partition coefficient (Wildman–Crippen LogP) is 4.32. The summed E-state index contributed by atoms with van der Waals surface area (Å²) in [6.07, 6.45) is 5.31. The van der Waals surface area contributed by atoms with Crippen molar-refractivity contribution in [3.05, 3.63) is 0 Å². The normalized spacial score (nSPS) is 37.9. The lowest BCUT2D eigenvalue weighted by atomic mass is 9.70. The molecular formula is C16H28O2. The first-order valence-electron chi connectivity index (χ1n) is 7.34. The van der Waals surface area contributed by atoms with Crippen LogP contribution in [-0.2, 0) is 9.53 Å². The molecule has 2 aliphatic rings. The third kappa shape index (κ3) is 1.57. The van der Waals surface area contributed by atoms with E-state index in [1.807, 2.05) is 13.8 Å². The molecule has 0 atom stereocenters. The molecule has 2 fully saturated rings. The van der Waals surface area contributed by atoms with Crippen molar-refractivity contribution in [1.29, 1.82) is 0 Å². The van der Waals surface area contributed by atoms with Crippen LogP contribution in [0, 0.1) is 16.2 Å². The summed E-state index contributed by atoms with van der Waals surface area (Å²) in [4.78, 5) is 12.4.